The maximum absolute atomic E-state index is 11.9. The lowest BCUT2D eigenvalue weighted by atomic mass is 10.2. The summed E-state index contributed by atoms with van der Waals surface area (Å²) < 4.78 is 25.8. The second-order valence-electron chi connectivity index (χ2n) is 3.94. The quantitative estimate of drug-likeness (QED) is 0.610. The number of aromatic nitrogens is 1. The van der Waals surface area contributed by atoms with Crippen LogP contribution in [0.2, 0.25) is 0 Å². The van der Waals surface area contributed by atoms with Crippen molar-refractivity contribution in [3.8, 4) is 6.07 Å². The first-order chi connectivity index (χ1) is 9.76. The summed E-state index contributed by atoms with van der Waals surface area (Å²) in [6.45, 7) is 0. The van der Waals surface area contributed by atoms with Gasteiger partial charge in [-0.3, -0.25) is 9.59 Å². The van der Waals surface area contributed by atoms with Crippen LogP contribution in [0.4, 0.5) is 0 Å². The number of pyridine rings is 1. The molecule has 0 aliphatic rings. The minimum absolute atomic E-state index is 0.00890. The van der Waals surface area contributed by atoms with E-state index in [9.17, 15) is 18.0 Å². The topological polar surface area (TPSA) is 157 Å². The minimum Gasteiger partial charge on any atom is -0.481 e. The second kappa shape index (κ2) is 6.78. The van der Waals surface area contributed by atoms with Gasteiger partial charge in [0.05, 0.1) is 0 Å². The third-order valence-electron chi connectivity index (χ3n) is 2.40. The molecule has 1 rings (SSSR count). The van der Waals surface area contributed by atoms with Gasteiger partial charge in [0.15, 0.2) is 0 Å². The van der Waals surface area contributed by atoms with E-state index in [-0.39, 0.29) is 10.6 Å². The zero-order valence-electron chi connectivity index (χ0n) is 10.6. The standard InChI is InChI=1S/C11H11N3O6S/c12-5-7-1-2-8(6-13-7)21(19,20)14-9(11(17)18)3-4-10(15)16/h1-2,6,9,14H,3-4H2,(H,15,16)(H,17,18). The van der Waals surface area contributed by atoms with Gasteiger partial charge in [-0.2, -0.15) is 9.98 Å². The van der Waals surface area contributed by atoms with Crippen LogP contribution in [-0.2, 0) is 19.6 Å². The molecule has 0 amide bonds. The highest BCUT2D eigenvalue weighted by molar-refractivity contribution is 7.89. The van der Waals surface area contributed by atoms with Gasteiger partial charge in [0.25, 0.3) is 0 Å². The van der Waals surface area contributed by atoms with E-state index in [1.807, 2.05) is 4.72 Å². The molecule has 0 aliphatic heterocycles. The number of rotatable bonds is 7. The maximum Gasteiger partial charge on any atom is 0.321 e. The highest BCUT2D eigenvalue weighted by atomic mass is 32.2. The monoisotopic (exact) mass is 313 g/mol. The fourth-order valence-electron chi connectivity index (χ4n) is 1.36. The van der Waals surface area contributed by atoms with Crippen molar-refractivity contribution in [2.45, 2.75) is 23.8 Å². The van der Waals surface area contributed by atoms with E-state index in [4.69, 9.17) is 15.5 Å². The van der Waals surface area contributed by atoms with E-state index in [1.165, 1.54) is 6.07 Å². The number of carboxylic acids is 2. The number of sulfonamides is 1. The first-order valence-electron chi connectivity index (χ1n) is 5.59. The van der Waals surface area contributed by atoms with E-state index < -0.39 is 40.8 Å². The van der Waals surface area contributed by atoms with Crippen molar-refractivity contribution in [2.24, 2.45) is 0 Å². The number of aliphatic carboxylic acids is 2. The summed E-state index contributed by atoms with van der Waals surface area (Å²) in [5.41, 5.74) is 0.00890. The molecule has 0 radical (unpaired) electrons. The predicted octanol–water partition coefficient (Wildman–Crippen LogP) is -0.450. The van der Waals surface area contributed by atoms with Crippen LogP contribution in [0.5, 0.6) is 0 Å². The summed E-state index contributed by atoms with van der Waals surface area (Å²) in [4.78, 5) is 24.6. The fraction of sp³-hybridized carbons (Fsp3) is 0.273. The van der Waals surface area contributed by atoms with Gasteiger partial charge in [-0.1, -0.05) is 0 Å². The number of nitrogens with one attached hydrogen (secondary N) is 1. The molecule has 0 fully saturated rings. The Bertz CT molecular complexity index is 677. The zero-order valence-corrected chi connectivity index (χ0v) is 11.4. The highest BCUT2D eigenvalue weighted by Crippen LogP contribution is 2.10. The Morgan fingerprint density at radius 1 is 1.38 bits per heavy atom. The normalized spacial score (nSPS) is 12.3. The van der Waals surface area contributed by atoms with E-state index in [0.29, 0.717) is 0 Å². The lowest BCUT2D eigenvalue weighted by molar-refractivity contribution is -0.140. The van der Waals surface area contributed by atoms with Gasteiger partial charge in [0.1, 0.15) is 22.7 Å². The molecule has 0 spiro atoms. The highest BCUT2D eigenvalue weighted by Gasteiger charge is 2.26. The molecule has 10 heteroatoms. The Hall–Kier alpha value is -2.51. The molecular weight excluding hydrogens is 302 g/mol. The van der Waals surface area contributed by atoms with Crippen LogP contribution >= 0.6 is 0 Å². The molecule has 0 aliphatic carbocycles. The van der Waals surface area contributed by atoms with Crippen LogP contribution in [0.3, 0.4) is 0 Å². The molecule has 1 heterocycles. The molecule has 0 saturated carbocycles. The maximum atomic E-state index is 11.9. The molecule has 3 N–H and O–H groups in total. The third kappa shape index (κ3) is 4.83. The summed E-state index contributed by atoms with van der Waals surface area (Å²) in [7, 11) is -4.17. The average molecular weight is 313 g/mol. The van der Waals surface area contributed by atoms with Gasteiger partial charge >= 0.3 is 11.9 Å². The van der Waals surface area contributed by atoms with Crippen molar-refractivity contribution in [1.82, 2.24) is 9.71 Å². The smallest absolute Gasteiger partial charge is 0.321 e. The van der Waals surface area contributed by atoms with Crippen LogP contribution < -0.4 is 4.72 Å². The van der Waals surface area contributed by atoms with E-state index in [1.54, 1.807) is 6.07 Å². The van der Waals surface area contributed by atoms with Crippen LogP contribution in [-0.4, -0.2) is 41.6 Å². The summed E-state index contributed by atoms with van der Waals surface area (Å²) in [6.07, 6.45) is 0.0235. The summed E-state index contributed by atoms with van der Waals surface area (Å²) in [5, 5.41) is 26.0. The Morgan fingerprint density at radius 3 is 2.48 bits per heavy atom. The van der Waals surface area contributed by atoms with Crippen LogP contribution in [0.1, 0.15) is 18.5 Å². The molecule has 0 aromatic carbocycles. The van der Waals surface area contributed by atoms with Gasteiger partial charge < -0.3 is 10.2 Å². The Labute approximate surface area is 119 Å². The Morgan fingerprint density at radius 2 is 2.05 bits per heavy atom. The molecule has 1 atom stereocenters. The molecule has 1 aromatic heterocycles. The van der Waals surface area contributed by atoms with Gasteiger partial charge in [-0.05, 0) is 18.6 Å². The lowest BCUT2D eigenvalue weighted by Gasteiger charge is -2.13. The number of carboxylic acid groups (broad SMARTS) is 2. The summed E-state index contributed by atoms with van der Waals surface area (Å²) in [6, 6.07) is 2.41. The van der Waals surface area contributed by atoms with Crippen molar-refractivity contribution >= 4 is 22.0 Å². The van der Waals surface area contributed by atoms with Crippen molar-refractivity contribution in [3.05, 3.63) is 24.0 Å². The van der Waals surface area contributed by atoms with Crippen LogP contribution in [0, 0.1) is 11.3 Å². The molecule has 0 saturated heterocycles. The summed E-state index contributed by atoms with van der Waals surface area (Å²) >= 11 is 0. The zero-order chi connectivity index (χ0) is 16.0. The van der Waals surface area contributed by atoms with Crippen molar-refractivity contribution in [3.63, 3.8) is 0 Å². The van der Waals surface area contributed by atoms with Gasteiger partial charge in [0.2, 0.25) is 10.0 Å². The van der Waals surface area contributed by atoms with Crippen LogP contribution in [0.25, 0.3) is 0 Å². The Kier molecular flexibility index (Phi) is 5.34. The summed E-state index contributed by atoms with van der Waals surface area (Å²) in [5.74, 6) is -2.72. The number of hydrogen-bond donors (Lipinski definition) is 3. The fourth-order valence-corrected chi connectivity index (χ4v) is 2.53. The molecule has 112 valence electrons. The SMILES string of the molecule is N#Cc1ccc(S(=O)(=O)NC(CCC(=O)O)C(=O)O)cn1. The van der Waals surface area contributed by atoms with E-state index >= 15 is 0 Å². The minimum atomic E-state index is -4.17. The van der Waals surface area contributed by atoms with Crippen molar-refractivity contribution in [2.75, 3.05) is 0 Å². The molecule has 0 bridgehead atoms. The first kappa shape index (κ1) is 16.5. The largest absolute Gasteiger partial charge is 0.481 e. The van der Waals surface area contributed by atoms with Crippen LogP contribution in [0.15, 0.2) is 23.2 Å². The number of nitrogens with zero attached hydrogens (tertiary/aromatic N) is 2. The van der Waals surface area contributed by atoms with Gasteiger partial charge in [-0.15, -0.1) is 0 Å². The molecular formula is C11H11N3O6S. The molecule has 21 heavy (non-hydrogen) atoms. The molecule has 1 aromatic rings. The lowest BCUT2D eigenvalue weighted by Crippen LogP contribution is -2.41. The third-order valence-corrected chi connectivity index (χ3v) is 3.86. The predicted molar refractivity (Wildman–Crippen MR) is 67.6 cm³/mol. The molecule has 1 unspecified atom stereocenters. The number of carbonyl (C=O) groups is 2. The van der Waals surface area contributed by atoms with Gasteiger partial charge in [0, 0.05) is 12.6 Å². The first-order valence-corrected chi connectivity index (χ1v) is 7.07. The van der Waals surface area contributed by atoms with Crippen molar-refractivity contribution < 1.29 is 28.2 Å². The number of hydrogen-bond acceptors (Lipinski definition) is 6. The number of nitriles is 1. The van der Waals surface area contributed by atoms with E-state index in [0.717, 1.165) is 12.3 Å². The second-order valence-corrected chi connectivity index (χ2v) is 5.65. The van der Waals surface area contributed by atoms with Gasteiger partial charge in [-0.25, -0.2) is 13.4 Å². The average Bonchev–Trinajstić information content (AvgIpc) is 2.43. The van der Waals surface area contributed by atoms with E-state index in [2.05, 4.69) is 4.98 Å². The Balaban J connectivity index is 2.92. The molecule has 9 nitrogen and oxygen atoms in total. The van der Waals surface area contributed by atoms with Crippen molar-refractivity contribution in [1.29, 1.82) is 5.26 Å².